The highest BCUT2D eigenvalue weighted by Gasteiger charge is 2.24. The number of hydrogen-bond acceptors (Lipinski definition) is 5. The number of anilines is 1. The van der Waals surface area contributed by atoms with Gasteiger partial charge in [-0.3, -0.25) is 0 Å². The highest BCUT2D eigenvalue weighted by molar-refractivity contribution is 7.09. The van der Waals surface area contributed by atoms with Crippen molar-refractivity contribution in [1.29, 1.82) is 0 Å². The van der Waals surface area contributed by atoms with Crippen LogP contribution in [0.3, 0.4) is 0 Å². The summed E-state index contributed by atoms with van der Waals surface area (Å²) in [6, 6.07) is 0.218. The van der Waals surface area contributed by atoms with E-state index < -0.39 is 0 Å². The zero-order chi connectivity index (χ0) is 12.2. The Labute approximate surface area is 101 Å². The second-order valence-electron chi connectivity index (χ2n) is 4.94. The maximum Gasteiger partial charge on any atom is 0.202 e. The Hall–Kier alpha value is -0.680. The Balaban J connectivity index is 2.67. The van der Waals surface area contributed by atoms with Gasteiger partial charge < -0.3 is 10.4 Å². The van der Waals surface area contributed by atoms with E-state index in [2.05, 4.69) is 35.4 Å². The van der Waals surface area contributed by atoms with Crippen molar-refractivity contribution in [2.45, 2.75) is 46.6 Å². The van der Waals surface area contributed by atoms with E-state index in [0.29, 0.717) is 0 Å². The standard InChI is InChI=1S/C11H21N3OS/c1-5-9-13-10(16-14-9)12-8(6-7-15)11(2,3)4/h8,15H,5-7H2,1-4H3,(H,12,13,14). The molecule has 92 valence electrons. The van der Waals surface area contributed by atoms with Crippen molar-refractivity contribution in [3.8, 4) is 0 Å². The molecule has 1 unspecified atom stereocenters. The molecule has 0 fully saturated rings. The zero-order valence-electron chi connectivity index (χ0n) is 10.4. The fourth-order valence-corrected chi connectivity index (χ4v) is 2.16. The SMILES string of the molecule is CCc1nsc(NC(CCO)C(C)(C)C)n1. The van der Waals surface area contributed by atoms with Crippen LogP contribution in [0.2, 0.25) is 0 Å². The summed E-state index contributed by atoms with van der Waals surface area (Å²) in [5, 5.41) is 13.3. The number of aromatic nitrogens is 2. The van der Waals surface area contributed by atoms with E-state index in [9.17, 15) is 0 Å². The van der Waals surface area contributed by atoms with Gasteiger partial charge in [-0.05, 0) is 11.8 Å². The van der Waals surface area contributed by atoms with Crippen LogP contribution in [-0.2, 0) is 6.42 Å². The predicted molar refractivity (Wildman–Crippen MR) is 67.9 cm³/mol. The first-order chi connectivity index (χ1) is 7.47. The van der Waals surface area contributed by atoms with E-state index in [1.165, 1.54) is 11.5 Å². The number of nitrogens with zero attached hydrogens (tertiary/aromatic N) is 2. The summed E-state index contributed by atoms with van der Waals surface area (Å²) in [5.74, 6) is 0.879. The first-order valence-corrected chi connectivity index (χ1v) is 6.44. The van der Waals surface area contributed by atoms with Gasteiger partial charge in [0.1, 0.15) is 5.82 Å². The molecule has 0 saturated heterocycles. The van der Waals surface area contributed by atoms with Gasteiger partial charge in [0.15, 0.2) is 0 Å². The van der Waals surface area contributed by atoms with Gasteiger partial charge in [0.2, 0.25) is 5.13 Å². The lowest BCUT2D eigenvalue weighted by Crippen LogP contribution is -2.34. The fourth-order valence-electron chi connectivity index (χ4n) is 1.46. The molecule has 0 aromatic carbocycles. The van der Waals surface area contributed by atoms with Crippen LogP contribution in [-0.4, -0.2) is 27.1 Å². The smallest absolute Gasteiger partial charge is 0.202 e. The second kappa shape index (κ2) is 5.59. The minimum absolute atomic E-state index is 0.0980. The molecular weight excluding hydrogens is 222 g/mol. The quantitative estimate of drug-likeness (QED) is 0.833. The molecule has 16 heavy (non-hydrogen) atoms. The molecule has 0 bridgehead atoms. The lowest BCUT2D eigenvalue weighted by Gasteiger charge is -2.30. The maximum atomic E-state index is 9.06. The summed E-state index contributed by atoms with van der Waals surface area (Å²) in [6.07, 6.45) is 1.59. The van der Waals surface area contributed by atoms with Crippen LogP contribution in [0.25, 0.3) is 0 Å². The van der Waals surface area contributed by atoms with Crippen LogP contribution in [0, 0.1) is 5.41 Å². The fraction of sp³-hybridized carbons (Fsp3) is 0.818. The number of nitrogens with one attached hydrogen (secondary N) is 1. The molecule has 0 aliphatic heterocycles. The molecule has 1 heterocycles. The third kappa shape index (κ3) is 3.72. The van der Waals surface area contributed by atoms with Crippen molar-refractivity contribution >= 4 is 16.7 Å². The molecule has 0 amide bonds. The minimum atomic E-state index is 0.0980. The van der Waals surface area contributed by atoms with Crippen molar-refractivity contribution in [1.82, 2.24) is 9.36 Å². The number of aryl methyl sites for hydroxylation is 1. The second-order valence-corrected chi connectivity index (χ2v) is 5.70. The van der Waals surface area contributed by atoms with E-state index in [4.69, 9.17) is 5.11 Å². The van der Waals surface area contributed by atoms with Crippen molar-refractivity contribution < 1.29 is 5.11 Å². The molecule has 4 nitrogen and oxygen atoms in total. The zero-order valence-corrected chi connectivity index (χ0v) is 11.3. The molecule has 1 rings (SSSR count). The molecule has 1 atom stereocenters. The van der Waals surface area contributed by atoms with Gasteiger partial charge in [-0.15, -0.1) is 0 Å². The minimum Gasteiger partial charge on any atom is -0.396 e. The molecular formula is C11H21N3OS. The number of aliphatic hydroxyl groups excluding tert-OH is 1. The van der Waals surface area contributed by atoms with E-state index in [1.54, 1.807) is 0 Å². The van der Waals surface area contributed by atoms with Gasteiger partial charge in [-0.2, -0.15) is 4.37 Å². The van der Waals surface area contributed by atoms with E-state index in [0.717, 1.165) is 23.8 Å². The monoisotopic (exact) mass is 243 g/mol. The van der Waals surface area contributed by atoms with Crippen molar-refractivity contribution in [2.24, 2.45) is 5.41 Å². The van der Waals surface area contributed by atoms with Gasteiger partial charge in [0.25, 0.3) is 0 Å². The molecule has 0 aliphatic carbocycles. The highest BCUT2D eigenvalue weighted by atomic mass is 32.1. The molecule has 0 aliphatic rings. The van der Waals surface area contributed by atoms with Gasteiger partial charge in [0.05, 0.1) is 0 Å². The Kier molecular flexibility index (Phi) is 4.68. The van der Waals surface area contributed by atoms with Crippen LogP contribution < -0.4 is 5.32 Å². The third-order valence-corrected chi connectivity index (χ3v) is 3.23. The largest absolute Gasteiger partial charge is 0.396 e. The summed E-state index contributed by atoms with van der Waals surface area (Å²) in [5.41, 5.74) is 0.0980. The van der Waals surface area contributed by atoms with Crippen LogP contribution in [0.4, 0.5) is 5.13 Å². The van der Waals surface area contributed by atoms with E-state index >= 15 is 0 Å². The van der Waals surface area contributed by atoms with Gasteiger partial charge >= 0.3 is 0 Å². The third-order valence-electron chi connectivity index (χ3n) is 2.55. The Morgan fingerprint density at radius 1 is 1.44 bits per heavy atom. The van der Waals surface area contributed by atoms with Crippen molar-refractivity contribution in [3.05, 3.63) is 5.82 Å². The molecule has 1 aromatic rings. The molecule has 0 spiro atoms. The van der Waals surface area contributed by atoms with Crippen LogP contribution in [0.5, 0.6) is 0 Å². The summed E-state index contributed by atoms with van der Waals surface area (Å²) < 4.78 is 4.24. The Bertz CT molecular complexity index is 319. The molecule has 1 aromatic heterocycles. The van der Waals surface area contributed by atoms with Crippen molar-refractivity contribution in [2.75, 3.05) is 11.9 Å². The van der Waals surface area contributed by atoms with Gasteiger partial charge in [0, 0.05) is 30.6 Å². The first-order valence-electron chi connectivity index (χ1n) is 5.67. The normalized spacial score (nSPS) is 13.8. The number of aliphatic hydroxyl groups is 1. The Morgan fingerprint density at radius 2 is 2.12 bits per heavy atom. The Morgan fingerprint density at radius 3 is 2.56 bits per heavy atom. The topological polar surface area (TPSA) is 58.0 Å². The van der Waals surface area contributed by atoms with Crippen LogP contribution >= 0.6 is 11.5 Å². The van der Waals surface area contributed by atoms with E-state index in [1.807, 2.05) is 6.92 Å². The van der Waals surface area contributed by atoms with E-state index in [-0.39, 0.29) is 18.1 Å². The maximum absolute atomic E-state index is 9.06. The summed E-state index contributed by atoms with van der Waals surface area (Å²) >= 11 is 1.39. The first kappa shape index (κ1) is 13.4. The summed E-state index contributed by atoms with van der Waals surface area (Å²) in [6.45, 7) is 8.70. The molecule has 2 N–H and O–H groups in total. The molecule has 0 radical (unpaired) electrons. The summed E-state index contributed by atoms with van der Waals surface area (Å²) in [7, 11) is 0. The number of rotatable bonds is 5. The predicted octanol–water partition coefficient (Wildman–Crippen LogP) is 2.31. The average Bonchev–Trinajstić information content (AvgIpc) is 2.63. The lowest BCUT2D eigenvalue weighted by molar-refractivity contribution is 0.235. The molecule has 5 heteroatoms. The van der Waals surface area contributed by atoms with Crippen LogP contribution in [0.1, 0.15) is 39.9 Å². The average molecular weight is 243 g/mol. The molecule has 0 saturated carbocycles. The van der Waals surface area contributed by atoms with Crippen LogP contribution in [0.15, 0.2) is 0 Å². The lowest BCUT2D eigenvalue weighted by atomic mass is 9.85. The number of hydrogen-bond donors (Lipinski definition) is 2. The van der Waals surface area contributed by atoms with Gasteiger partial charge in [-0.1, -0.05) is 27.7 Å². The highest BCUT2D eigenvalue weighted by Crippen LogP contribution is 2.26. The van der Waals surface area contributed by atoms with Crippen molar-refractivity contribution in [3.63, 3.8) is 0 Å². The summed E-state index contributed by atoms with van der Waals surface area (Å²) in [4.78, 5) is 4.38. The van der Waals surface area contributed by atoms with Gasteiger partial charge in [-0.25, -0.2) is 4.98 Å².